The van der Waals surface area contributed by atoms with Crippen LogP contribution in [-0.2, 0) is 9.53 Å². The van der Waals surface area contributed by atoms with Gasteiger partial charge in [-0.1, -0.05) is 15.9 Å². The minimum absolute atomic E-state index is 0.262. The number of rotatable bonds is 3. The highest BCUT2D eigenvalue weighted by molar-refractivity contribution is 9.10. The van der Waals surface area contributed by atoms with Gasteiger partial charge in [-0.05, 0) is 19.1 Å². The molecule has 0 amide bonds. The van der Waals surface area contributed by atoms with Crippen molar-refractivity contribution in [2.75, 3.05) is 6.61 Å². The van der Waals surface area contributed by atoms with Crippen LogP contribution in [0.1, 0.15) is 12.6 Å². The van der Waals surface area contributed by atoms with Gasteiger partial charge in [-0.3, -0.25) is 4.98 Å². The topological polar surface area (TPSA) is 65.2 Å². The first-order chi connectivity index (χ1) is 7.19. The van der Waals surface area contributed by atoms with Crippen molar-refractivity contribution in [2.45, 2.75) is 6.92 Å². The summed E-state index contributed by atoms with van der Waals surface area (Å²) in [6, 6.07) is 3.47. The minimum Gasteiger partial charge on any atom is -0.462 e. The molecule has 1 heterocycles. The Morgan fingerprint density at radius 3 is 3.00 bits per heavy atom. The van der Waals surface area contributed by atoms with Crippen LogP contribution in [0.3, 0.4) is 0 Å². The molecule has 0 aliphatic rings. The highest BCUT2D eigenvalue weighted by Crippen LogP contribution is 2.17. The van der Waals surface area contributed by atoms with Crippen molar-refractivity contribution in [3.05, 3.63) is 34.7 Å². The van der Waals surface area contributed by atoms with E-state index < -0.39 is 5.97 Å². The van der Waals surface area contributed by atoms with Gasteiger partial charge < -0.3 is 10.5 Å². The van der Waals surface area contributed by atoms with Gasteiger partial charge in [-0.25, -0.2) is 4.79 Å². The van der Waals surface area contributed by atoms with Crippen molar-refractivity contribution in [3.8, 4) is 0 Å². The normalized spacial score (nSPS) is 11.2. The van der Waals surface area contributed by atoms with Crippen LogP contribution in [0.25, 0.3) is 5.57 Å². The lowest BCUT2D eigenvalue weighted by Gasteiger charge is -2.05. The molecule has 0 saturated carbocycles. The maximum absolute atomic E-state index is 11.5. The van der Waals surface area contributed by atoms with Gasteiger partial charge in [-0.15, -0.1) is 0 Å². The second kappa shape index (κ2) is 5.50. The molecule has 0 spiro atoms. The molecule has 0 aliphatic heterocycles. The number of aromatic nitrogens is 1. The fourth-order valence-corrected chi connectivity index (χ4v) is 1.35. The molecule has 0 fully saturated rings. The number of nitrogens with zero attached hydrogens (tertiary/aromatic N) is 1. The Morgan fingerprint density at radius 2 is 2.47 bits per heavy atom. The van der Waals surface area contributed by atoms with E-state index >= 15 is 0 Å². The number of hydrogen-bond donors (Lipinski definition) is 1. The number of carbonyl (C=O) groups is 1. The predicted octanol–water partition coefficient (Wildman–Crippen LogP) is 1.71. The summed E-state index contributed by atoms with van der Waals surface area (Å²) >= 11 is 3.29. The number of pyridine rings is 1. The smallest absolute Gasteiger partial charge is 0.341 e. The van der Waals surface area contributed by atoms with Crippen molar-refractivity contribution in [1.29, 1.82) is 0 Å². The molecule has 0 atom stereocenters. The number of halogens is 1. The van der Waals surface area contributed by atoms with Crippen LogP contribution < -0.4 is 5.73 Å². The Kier molecular flexibility index (Phi) is 4.30. The Labute approximate surface area is 96.3 Å². The maximum atomic E-state index is 11.5. The zero-order valence-electron chi connectivity index (χ0n) is 8.24. The summed E-state index contributed by atoms with van der Waals surface area (Å²) in [6.07, 6.45) is 2.79. The van der Waals surface area contributed by atoms with Crippen molar-refractivity contribution < 1.29 is 9.53 Å². The van der Waals surface area contributed by atoms with E-state index in [0.29, 0.717) is 12.3 Å². The quantitative estimate of drug-likeness (QED) is 0.671. The molecule has 5 heteroatoms. The van der Waals surface area contributed by atoms with Gasteiger partial charge in [0.2, 0.25) is 0 Å². The van der Waals surface area contributed by atoms with E-state index in [2.05, 4.69) is 20.9 Å². The lowest BCUT2D eigenvalue weighted by Crippen LogP contribution is -2.09. The number of nitrogens with two attached hydrogens (primary N) is 1. The van der Waals surface area contributed by atoms with E-state index in [1.807, 2.05) is 0 Å². The average molecular weight is 271 g/mol. The van der Waals surface area contributed by atoms with Gasteiger partial charge in [0.05, 0.1) is 12.3 Å². The van der Waals surface area contributed by atoms with Crippen LogP contribution >= 0.6 is 15.9 Å². The van der Waals surface area contributed by atoms with Crippen molar-refractivity contribution >= 4 is 27.5 Å². The van der Waals surface area contributed by atoms with Crippen molar-refractivity contribution in [1.82, 2.24) is 4.98 Å². The van der Waals surface area contributed by atoms with Crippen LogP contribution in [0.15, 0.2) is 29.0 Å². The first-order valence-corrected chi connectivity index (χ1v) is 5.19. The first-order valence-electron chi connectivity index (χ1n) is 4.40. The highest BCUT2D eigenvalue weighted by Gasteiger charge is 2.13. The van der Waals surface area contributed by atoms with Gasteiger partial charge in [0.25, 0.3) is 0 Å². The fourth-order valence-electron chi connectivity index (χ4n) is 1.02. The second-order valence-corrected chi connectivity index (χ2v) is 3.58. The molecule has 1 aromatic rings. The fraction of sp³-hybridized carbons (Fsp3) is 0.200. The zero-order valence-corrected chi connectivity index (χ0v) is 9.82. The summed E-state index contributed by atoms with van der Waals surface area (Å²) < 4.78 is 5.68. The summed E-state index contributed by atoms with van der Waals surface area (Å²) in [6.45, 7) is 2.05. The van der Waals surface area contributed by atoms with E-state index in [9.17, 15) is 4.79 Å². The first kappa shape index (κ1) is 11.7. The Balaban J connectivity index is 2.99. The molecule has 1 aromatic heterocycles. The molecule has 2 N–H and O–H groups in total. The van der Waals surface area contributed by atoms with Gasteiger partial charge >= 0.3 is 5.97 Å². The lowest BCUT2D eigenvalue weighted by molar-refractivity contribution is -0.136. The Bertz CT molecular complexity index is 391. The number of ether oxygens (including phenoxy) is 1. The summed E-state index contributed by atoms with van der Waals surface area (Å²) in [7, 11) is 0. The second-order valence-electron chi connectivity index (χ2n) is 2.66. The van der Waals surface area contributed by atoms with E-state index in [1.54, 1.807) is 25.3 Å². The highest BCUT2D eigenvalue weighted by atomic mass is 79.9. The molecule has 0 aromatic carbocycles. The predicted molar refractivity (Wildman–Crippen MR) is 60.7 cm³/mol. The van der Waals surface area contributed by atoms with E-state index in [4.69, 9.17) is 10.5 Å². The molecule has 80 valence electrons. The molecule has 0 aliphatic carbocycles. The van der Waals surface area contributed by atoms with Crippen LogP contribution in [-0.4, -0.2) is 17.6 Å². The number of esters is 1. The van der Waals surface area contributed by atoms with Gasteiger partial charge in [0.15, 0.2) is 0 Å². The zero-order chi connectivity index (χ0) is 11.3. The number of hydrogen-bond acceptors (Lipinski definition) is 4. The van der Waals surface area contributed by atoms with E-state index in [0.717, 1.165) is 4.47 Å². The third-order valence-corrected chi connectivity index (χ3v) is 2.15. The lowest BCUT2D eigenvalue weighted by atomic mass is 10.2. The molecule has 0 unspecified atom stereocenters. The third-order valence-electron chi connectivity index (χ3n) is 1.66. The summed E-state index contributed by atoms with van der Waals surface area (Å²) in [5, 5.41) is 0. The van der Waals surface area contributed by atoms with Crippen LogP contribution in [0.4, 0.5) is 0 Å². The Hall–Kier alpha value is -1.36. The summed E-state index contributed by atoms with van der Waals surface area (Å²) in [5.41, 5.74) is 6.12. The van der Waals surface area contributed by atoms with Crippen LogP contribution in [0.5, 0.6) is 0 Å². The van der Waals surface area contributed by atoms with E-state index in [1.165, 1.54) is 6.20 Å². The third kappa shape index (κ3) is 3.06. The minimum atomic E-state index is -0.467. The van der Waals surface area contributed by atoms with Crippen LogP contribution in [0.2, 0.25) is 0 Å². The SMILES string of the molecule is CCOC(=O)C(=CN)c1cc(Br)ccn1. The van der Waals surface area contributed by atoms with Gasteiger partial charge in [0.1, 0.15) is 5.57 Å². The Morgan fingerprint density at radius 1 is 1.73 bits per heavy atom. The maximum Gasteiger partial charge on any atom is 0.341 e. The van der Waals surface area contributed by atoms with Gasteiger partial charge in [0, 0.05) is 16.9 Å². The molecule has 0 radical (unpaired) electrons. The van der Waals surface area contributed by atoms with Crippen molar-refractivity contribution in [3.63, 3.8) is 0 Å². The molecule has 15 heavy (non-hydrogen) atoms. The van der Waals surface area contributed by atoms with Crippen molar-refractivity contribution in [2.24, 2.45) is 5.73 Å². The molecular weight excluding hydrogens is 260 g/mol. The number of carbonyl (C=O) groups excluding carboxylic acids is 1. The molecule has 0 saturated heterocycles. The molecule has 1 rings (SSSR count). The molecule has 4 nitrogen and oxygen atoms in total. The van der Waals surface area contributed by atoms with E-state index in [-0.39, 0.29) is 5.57 Å². The average Bonchev–Trinajstić information content (AvgIpc) is 2.19. The molecular formula is C10H11BrN2O2. The monoisotopic (exact) mass is 270 g/mol. The standard InChI is InChI=1S/C10H11BrN2O2/c1-2-15-10(14)8(6-12)9-5-7(11)3-4-13-9/h3-6H,2,12H2,1H3. The molecule has 0 bridgehead atoms. The summed E-state index contributed by atoms with van der Waals surface area (Å²) in [4.78, 5) is 15.5. The largest absolute Gasteiger partial charge is 0.462 e. The van der Waals surface area contributed by atoms with Crippen LogP contribution in [0, 0.1) is 0 Å². The summed E-state index contributed by atoms with van der Waals surface area (Å²) in [5.74, 6) is -0.467. The van der Waals surface area contributed by atoms with Gasteiger partial charge in [-0.2, -0.15) is 0 Å².